The van der Waals surface area contributed by atoms with E-state index in [1.807, 2.05) is 0 Å². The van der Waals surface area contributed by atoms with Crippen molar-refractivity contribution in [3.05, 3.63) is 58.6 Å². The minimum atomic E-state index is -3.32. The van der Waals surface area contributed by atoms with Gasteiger partial charge in [-0.1, -0.05) is 11.6 Å². The standard InChI is InChI=1S/C18H17ClN2O4S/c1-26(24,25)14-7-2-11(3-8-14)17(22)21-13-6-9-16(19)15(10-13)18(23)20-12-4-5-12/h2-3,6-10,12H,4-5H2,1H3,(H,20,23)(H,21,22). The molecule has 0 spiro atoms. The average Bonchev–Trinajstić information content (AvgIpc) is 3.39. The zero-order valence-electron chi connectivity index (χ0n) is 14.0. The summed E-state index contributed by atoms with van der Waals surface area (Å²) in [7, 11) is -3.32. The fourth-order valence-electron chi connectivity index (χ4n) is 2.32. The molecule has 1 saturated carbocycles. The fourth-order valence-corrected chi connectivity index (χ4v) is 3.16. The maximum absolute atomic E-state index is 12.3. The summed E-state index contributed by atoms with van der Waals surface area (Å²) in [5.41, 5.74) is 1.02. The highest BCUT2D eigenvalue weighted by Crippen LogP contribution is 2.24. The first-order chi connectivity index (χ1) is 12.2. The number of sulfone groups is 1. The molecule has 1 fully saturated rings. The quantitative estimate of drug-likeness (QED) is 0.818. The van der Waals surface area contributed by atoms with E-state index >= 15 is 0 Å². The molecule has 0 radical (unpaired) electrons. The number of halogens is 1. The van der Waals surface area contributed by atoms with Crippen molar-refractivity contribution in [1.29, 1.82) is 0 Å². The molecule has 0 bridgehead atoms. The molecule has 0 unspecified atom stereocenters. The lowest BCUT2D eigenvalue weighted by Gasteiger charge is -2.10. The lowest BCUT2D eigenvalue weighted by Crippen LogP contribution is -2.25. The fraction of sp³-hybridized carbons (Fsp3) is 0.222. The van der Waals surface area contributed by atoms with Gasteiger partial charge in [-0.3, -0.25) is 9.59 Å². The van der Waals surface area contributed by atoms with E-state index in [1.54, 1.807) is 12.1 Å². The average molecular weight is 393 g/mol. The van der Waals surface area contributed by atoms with Crippen LogP contribution in [-0.2, 0) is 9.84 Å². The molecule has 0 atom stereocenters. The number of benzene rings is 2. The molecule has 0 heterocycles. The van der Waals surface area contributed by atoms with Gasteiger partial charge in [-0.25, -0.2) is 8.42 Å². The van der Waals surface area contributed by atoms with Crippen LogP contribution < -0.4 is 10.6 Å². The van der Waals surface area contributed by atoms with Gasteiger partial charge in [0, 0.05) is 23.5 Å². The second-order valence-corrected chi connectivity index (χ2v) is 8.62. The summed E-state index contributed by atoms with van der Waals surface area (Å²) in [6.45, 7) is 0. The van der Waals surface area contributed by atoms with E-state index in [4.69, 9.17) is 11.6 Å². The van der Waals surface area contributed by atoms with Crippen LogP contribution in [0.25, 0.3) is 0 Å². The molecule has 26 heavy (non-hydrogen) atoms. The predicted molar refractivity (Wildman–Crippen MR) is 99.4 cm³/mol. The summed E-state index contributed by atoms with van der Waals surface area (Å²) >= 11 is 6.08. The van der Waals surface area contributed by atoms with Gasteiger partial charge in [-0.05, 0) is 55.3 Å². The van der Waals surface area contributed by atoms with Crippen molar-refractivity contribution >= 4 is 38.9 Å². The topological polar surface area (TPSA) is 92.3 Å². The van der Waals surface area contributed by atoms with Crippen molar-refractivity contribution in [1.82, 2.24) is 5.32 Å². The largest absolute Gasteiger partial charge is 0.349 e. The molecule has 136 valence electrons. The van der Waals surface area contributed by atoms with Crippen LogP contribution in [-0.4, -0.2) is 32.5 Å². The van der Waals surface area contributed by atoms with Crippen LogP contribution in [0, 0.1) is 0 Å². The summed E-state index contributed by atoms with van der Waals surface area (Å²) in [6, 6.07) is 10.5. The molecular weight excluding hydrogens is 376 g/mol. The van der Waals surface area contributed by atoms with Gasteiger partial charge in [-0.2, -0.15) is 0 Å². The number of nitrogens with one attached hydrogen (secondary N) is 2. The van der Waals surface area contributed by atoms with Crippen molar-refractivity contribution in [3.8, 4) is 0 Å². The van der Waals surface area contributed by atoms with Gasteiger partial charge < -0.3 is 10.6 Å². The van der Waals surface area contributed by atoms with Crippen LogP contribution in [0.2, 0.25) is 5.02 Å². The Morgan fingerprint density at radius 3 is 2.27 bits per heavy atom. The normalized spacial score (nSPS) is 13.9. The van der Waals surface area contributed by atoms with Crippen molar-refractivity contribution in [2.24, 2.45) is 0 Å². The van der Waals surface area contributed by atoms with Crippen LogP contribution in [0.4, 0.5) is 5.69 Å². The number of carbonyl (C=O) groups excluding carboxylic acids is 2. The molecule has 0 saturated heterocycles. The van der Waals surface area contributed by atoms with Crippen LogP contribution in [0.5, 0.6) is 0 Å². The number of hydrogen-bond donors (Lipinski definition) is 2. The number of hydrogen-bond acceptors (Lipinski definition) is 4. The summed E-state index contributed by atoms with van der Waals surface area (Å²) in [6.07, 6.45) is 3.02. The number of carbonyl (C=O) groups is 2. The second-order valence-electron chi connectivity index (χ2n) is 6.19. The predicted octanol–water partition coefficient (Wildman–Crippen LogP) is 2.89. The first-order valence-electron chi connectivity index (χ1n) is 7.96. The van der Waals surface area contributed by atoms with Crippen molar-refractivity contribution < 1.29 is 18.0 Å². The second kappa shape index (κ2) is 7.09. The third-order valence-corrected chi connectivity index (χ3v) is 5.38. The van der Waals surface area contributed by atoms with Gasteiger partial charge in [0.1, 0.15) is 0 Å². The Kier molecular flexibility index (Phi) is 5.02. The van der Waals surface area contributed by atoms with Crippen molar-refractivity contribution in [3.63, 3.8) is 0 Å². The first-order valence-corrected chi connectivity index (χ1v) is 10.2. The summed E-state index contributed by atoms with van der Waals surface area (Å²) in [5.74, 6) is -0.688. The number of anilines is 1. The van der Waals surface area contributed by atoms with Gasteiger partial charge >= 0.3 is 0 Å². The summed E-state index contributed by atoms with van der Waals surface area (Å²) in [4.78, 5) is 24.7. The van der Waals surface area contributed by atoms with E-state index in [0.29, 0.717) is 21.8 Å². The Bertz CT molecular complexity index is 967. The van der Waals surface area contributed by atoms with Gasteiger partial charge in [0.25, 0.3) is 11.8 Å². The Morgan fingerprint density at radius 1 is 1.04 bits per heavy atom. The van der Waals surface area contributed by atoms with Crippen molar-refractivity contribution in [2.45, 2.75) is 23.8 Å². The minimum absolute atomic E-state index is 0.138. The number of amides is 2. The van der Waals surface area contributed by atoms with E-state index in [2.05, 4.69) is 10.6 Å². The molecule has 0 aliphatic heterocycles. The molecule has 1 aliphatic rings. The van der Waals surface area contributed by atoms with E-state index < -0.39 is 15.7 Å². The van der Waals surface area contributed by atoms with Crippen LogP contribution >= 0.6 is 11.6 Å². The monoisotopic (exact) mass is 392 g/mol. The molecule has 2 aromatic rings. The van der Waals surface area contributed by atoms with Gasteiger partial charge in [0.15, 0.2) is 9.84 Å². The highest BCUT2D eigenvalue weighted by Gasteiger charge is 2.25. The molecule has 0 aromatic heterocycles. The highest BCUT2D eigenvalue weighted by atomic mass is 35.5. The highest BCUT2D eigenvalue weighted by molar-refractivity contribution is 7.90. The molecule has 2 N–H and O–H groups in total. The van der Waals surface area contributed by atoms with Crippen LogP contribution in [0.15, 0.2) is 47.4 Å². The minimum Gasteiger partial charge on any atom is -0.349 e. The smallest absolute Gasteiger partial charge is 0.255 e. The zero-order valence-corrected chi connectivity index (χ0v) is 15.5. The van der Waals surface area contributed by atoms with E-state index in [1.165, 1.54) is 30.3 Å². The Morgan fingerprint density at radius 2 is 1.69 bits per heavy atom. The molecular formula is C18H17ClN2O4S. The van der Waals surface area contributed by atoms with Crippen LogP contribution in [0.3, 0.4) is 0 Å². The third-order valence-electron chi connectivity index (χ3n) is 3.93. The molecule has 1 aliphatic carbocycles. The van der Waals surface area contributed by atoms with E-state index in [9.17, 15) is 18.0 Å². The molecule has 8 heteroatoms. The molecule has 6 nitrogen and oxygen atoms in total. The maximum atomic E-state index is 12.3. The zero-order chi connectivity index (χ0) is 18.9. The van der Waals surface area contributed by atoms with E-state index in [-0.39, 0.29) is 16.8 Å². The van der Waals surface area contributed by atoms with Gasteiger partial charge in [0.05, 0.1) is 15.5 Å². The lowest BCUT2D eigenvalue weighted by molar-refractivity contribution is 0.0949. The molecule has 2 aromatic carbocycles. The maximum Gasteiger partial charge on any atom is 0.255 e. The molecule has 3 rings (SSSR count). The van der Waals surface area contributed by atoms with Crippen LogP contribution in [0.1, 0.15) is 33.6 Å². The number of rotatable bonds is 5. The summed E-state index contributed by atoms with van der Waals surface area (Å²) in [5, 5.41) is 5.84. The van der Waals surface area contributed by atoms with Gasteiger partial charge in [-0.15, -0.1) is 0 Å². The SMILES string of the molecule is CS(=O)(=O)c1ccc(C(=O)Nc2ccc(Cl)c(C(=O)NC3CC3)c2)cc1. The Labute approximate surface area is 156 Å². The Hall–Kier alpha value is -2.38. The van der Waals surface area contributed by atoms with Crippen molar-refractivity contribution in [2.75, 3.05) is 11.6 Å². The Balaban J connectivity index is 1.75. The first kappa shape index (κ1) is 18.4. The molecule has 2 amide bonds. The van der Waals surface area contributed by atoms with Gasteiger partial charge in [0.2, 0.25) is 0 Å². The third kappa shape index (κ3) is 4.42. The summed E-state index contributed by atoms with van der Waals surface area (Å²) < 4.78 is 22.9. The van der Waals surface area contributed by atoms with E-state index in [0.717, 1.165) is 19.1 Å². The lowest BCUT2D eigenvalue weighted by atomic mass is 10.1.